The molecule has 1 amide bonds. The quantitative estimate of drug-likeness (QED) is 0.564. The Morgan fingerprint density at radius 2 is 1.83 bits per heavy atom. The first kappa shape index (κ1) is 18.2. The van der Waals surface area contributed by atoms with Crippen molar-refractivity contribution in [3.05, 3.63) is 42.0 Å². The number of carbonyl (C=O) groups is 1. The van der Waals surface area contributed by atoms with Gasteiger partial charge in [0.15, 0.2) is 9.84 Å². The van der Waals surface area contributed by atoms with Gasteiger partial charge < -0.3 is 4.90 Å². The summed E-state index contributed by atoms with van der Waals surface area (Å²) in [5.74, 6) is 0.152. The fraction of sp³-hybridized carbons (Fsp3) is 0.471. The van der Waals surface area contributed by atoms with Crippen LogP contribution in [0.1, 0.15) is 13.8 Å². The molecule has 0 bridgehead atoms. The minimum atomic E-state index is -3.33. The highest BCUT2D eigenvalue weighted by atomic mass is 79.9. The largest absolute Gasteiger partial charge is 0.339 e. The van der Waals surface area contributed by atoms with Crippen molar-refractivity contribution >= 4 is 31.7 Å². The number of sulfone groups is 1. The Morgan fingerprint density at radius 1 is 1.22 bits per heavy atom. The molecular formula is C17H22BrNO3S. The van der Waals surface area contributed by atoms with Gasteiger partial charge in [-0.2, -0.15) is 0 Å². The molecule has 126 valence electrons. The van der Waals surface area contributed by atoms with E-state index in [0.29, 0.717) is 23.3 Å². The van der Waals surface area contributed by atoms with Crippen molar-refractivity contribution in [2.24, 2.45) is 11.8 Å². The van der Waals surface area contributed by atoms with Crippen LogP contribution in [-0.2, 0) is 14.6 Å². The summed E-state index contributed by atoms with van der Waals surface area (Å²) in [5.41, 5.74) is 0.950. The van der Waals surface area contributed by atoms with Crippen LogP contribution in [0.4, 0.5) is 0 Å². The van der Waals surface area contributed by atoms with Gasteiger partial charge in [-0.1, -0.05) is 39.7 Å². The molecule has 6 heteroatoms. The number of benzene rings is 1. The van der Waals surface area contributed by atoms with Crippen molar-refractivity contribution < 1.29 is 13.2 Å². The van der Waals surface area contributed by atoms with Crippen molar-refractivity contribution in [1.29, 1.82) is 0 Å². The lowest BCUT2D eigenvalue weighted by Gasteiger charge is -2.16. The monoisotopic (exact) mass is 399 g/mol. The molecule has 2 rings (SSSR count). The van der Waals surface area contributed by atoms with Crippen LogP contribution < -0.4 is 0 Å². The molecule has 1 aliphatic rings. The van der Waals surface area contributed by atoms with E-state index in [1.807, 2.05) is 13.8 Å². The standard InChI is InChI=1S/C17H22BrNO3S/c1-13(2)8-17(20)19-10-14(9-18)15(11-19)12-23(21,22)16-6-4-3-5-7-16/h3-8,14-15H,9-12H2,1-2H3. The van der Waals surface area contributed by atoms with Crippen LogP contribution in [0.15, 0.2) is 46.9 Å². The number of rotatable bonds is 5. The predicted octanol–water partition coefficient (Wildman–Crippen LogP) is 2.90. The SMILES string of the molecule is CC(C)=CC(=O)N1CC(CBr)C(CS(=O)(=O)c2ccccc2)C1. The summed E-state index contributed by atoms with van der Waals surface area (Å²) in [6, 6.07) is 8.51. The molecule has 0 aliphatic carbocycles. The summed E-state index contributed by atoms with van der Waals surface area (Å²) >= 11 is 3.46. The molecule has 0 aromatic heterocycles. The van der Waals surface area contributed by atoms with E-state index in [9.17, 15) is 13.2 Å². The molecule has 2 unspecified atom stereocenters. The molecule has 1 heterocycles. The van der Waals surface area contributed by atoms with Gasteiger partial charge in [-0.25, -0.2) is 8.42 Å². The molecule has 0 radical (unpaired) electrons. The van der Waals surface area contributed by atoms with Gasteiger partial charge in [0.25, 0.3) is 0 Å². The first-order valence-corrected chi connectivity index (χ1v) is 10.4. The summed E-state index contributed by atoms with van der Waals surface area (Å²) in [5, 5.41) is 0.695. The van der Waals surface area contributed by atoms with Crippen LogP contribution in [0, 0.1) is 11.8 Å². The number of alkyl halides is 1. The minimum absolute atomic E-state index is 0.0319. The summed E-state index contributed by atoms with van der Waals surface area (Å²) in [6.07, 6.45) is 1.61. The minimum Gasteiger partial charge on any atom is -0.339 e. The third kappa shape index (κ3) is 4.67. The summed E-state index contributed by atoms with van der Waals surface area (Å²) in [7, 11) is -3.33. The van der Waals surface area contributed by atoms with Crippen molar-refractivity contribution in [2.45, 2.75) is 18.7 Å². The molecule has 0 saturated carbocycles. The van der Waals surface area contributed by atoms with E-state index in [-0.39, 0.29) is 23.5 Å². The average Bonchev–Trinajstić information content (AvgIpc) is 2.90. The van der Waals surface area contributed by atoms with Crippen LogP contribution in [0.25, 0.3) is 0 Å². The molecule has 2 atom stereocenters. The molecule has 1 aromatic carbocycles. The molecule has 1 fully saturated rings. The molecular weight excluding hydrogens is 378 g/mol. The number of nitrogens with zero attached hydrogens (tertiary/aromatic N) is 1. The van der Waals surface area contributed by atoms with E-state index in [0.717, 1.165) is 5.57 Å². The Kier molecular flexibility index (Phi) is 6.03. The Morgan fingerprint density at radius 3 is 2.39 bits per heavy atom. The number of hydrogen-bond acceptors (Lipinski definition) is 3. The molecule has 23 heavy (non-hydrogen) atoms. The fourth-order valence-electron chi connectivity index (χ4n) is 2.83. The number of amides is 1. The van der Waals surface area contributed by atoms with Gasteiger partial charge >= 0.3 is 0 Å². The second-order valence-corrected chi connectivity index (χ2v) is 8.92. The highest BCUT2D eigenvalue weighted by molar-refractivity contribution is 9.09. The Bertz CT molecular complexity index is 681. The van der Waals surface area contributed by atoms with Crippen molar-refractivity contribution in [3.63, 3.8) is 0 Å². The summed E-state index contributed by atoms with van der Waals surface area (Å²) < 4.78 is 25.1. The van der Waals surface area contributed by atoms with Crippen LogP contribution in [-0.4, -0.2) is 43.4 Å². The maximum atomic E-state index is 12.6. The van der Waals surface area contributed by atoms with E-state index in [4.69, 9.17) is 0 Å². The number of carbonyl (C=O) groups excluding carboxylic acids is 1. The summed E-state index contributed by atoms with van der Waals surface area (Å²) in [6.45, 7) is 4.86. The number of hydrogen-bond donors (Lipinski definition) is 0. The lowest BCUT2D eigenvalue weighted by atomic mass is 10.0. The zero-order valence-electron chi connectivity index (χ0n) is 13.4. The number of allylic oxidation sites excluding steroid dienone is 1. The highest BCUT2D eigenvalue weighted by Gasteiger charge is 2.37. The van der Waals surface area contributed by atoms with E-state index in [1.165, 1.54) is 0 Å². The molecule has 1 saturated heterocycles. The number of likely N-dealkylation sites (tertiary alicyclic amines) is 1. The smallest absolute Gasteiger partial charge is 0.246 e. The van der Waals surface area contributed by atoms with Gasteiger partial charge in [-0.3, -0.25) is 4.79 Å². The average molecular weight is 400 g/mol. The van der Waals surface area contributed by atoms with E-state index in [1.54, 1.807) is 41.3 Å². The number of halogens is 1. The van der Waals surface area contributed by atoms with Crippen LogP contribution in [0.2, 0.25) is 0 Å². The van der Waals surface area contributed by atoms with Crippen LogP contribution in [0.5, 0.6) is 0 Å². The lowest BCUT2D eigenvalue weighted by Crippen LogP contribution is -2.28. The second-order valence-electron chi connectivity index (χ2n) is 6.23. The molecule has 1 aromatic rings. The highest BCUT2D eigenvalue weighted by Crippen LogP contribution is 2.28. The van der Waals surface area contributed by atoms with Crippen molar-refractivity contribution in [3.8, 4) is 0 Å². The van der Waals surface area contributed by atoms with Gasteiger partial charge in [-0.05, 0) is 37.8 Å². The van der Waals surface area contributed by atoms with Gasteiger partial charge in [0.05, 0.1) is 10.6 Å². The Labute approximate surface area is 146 Å². The first-order valence-electron chi connectivity index (χ1n) is 7.61. The van der Waals surface area contributed by atoms with Gasteiger partial charge in [0, 0.05) is 24.5 Å². The lowest BCUT2D eigenvalue weighted by molar-refractivity contribution is -0.125. The normalized spacial score (nSPS) is 21.3. The third-order valence-corrected chi connectivity index (χ3v) is 6.72. The third-order valence-electron chi connectivity index (χ3n) is 4.03. The summed E-state index contributed by atoms with van der Waals surface area (Å²) in [4.78, 5) is 14.3. The predicted molar refractivity (Wildman–Crippen MR) is 95.3 cm³/mol. The van der Waals surface area contributed by atoms with Gasteiger partial charge in [0.2, 0.25) is 5.91 Å². The molecule has 1 aliphatic heterocycles. The van der Waals surface area contributed by atoms with Gasteiger partial charge in [0.1, 0.15) is 0 Å². The topological polar surface area (TPSA) is 54.5 Å². The Balaban J connectivity index is 2.13. The van der Waals surface area contributed by atoms with E-state index >= 15 is 0 Å². The molecule has 0 N–H and O–H groups in total. The van der Waals surface area contributed by atoms with Crippen molar-refractivity contribution in [2.75, 3.05) is 24.2 Å². The molecule has 0 spiro atoms. The van der Waals surface area contributed by atoms with E-state index < -0.39 is 9.84 Å². The zero-order valence-corrected chi connectivity index (χ0v) is 15.8. The second kappa shape index (κ2) is 7.62. The van der Waals surface area contributed by atoms with Gasteiger partial charge in [-0.15, -0.1) is 0 Å². The van der Waals surface area contributed by atoms with Crippen molar-refractivity contribution in [1.82, 2.24) is 4.90 Å². The van der Waals surface area contributed by atoms with Crippen LogP contribution >= 0.6 is 15.9 Å². The van der Waals surface area contributed by atoms with Crippen LogP contribution in [0.3, 0.4) is 0 Å². The maximum absolute atomic E-state index is 12.6. The maximum Gasteiger partial charge on any atom is 0.246 e. The first-order chi connectivity index (χ1) is 10.8. The fourth-order valence-corrected chi connectivity index (χ4v) is 5.27. The zero-order chi connectivity index (χ0) is 17.0. The van der Waals surface area contributed by atoms with E-state index in [2.05, 4.69) is 15.9 Å². The molecule has 4 nitrogen and oxygen atoms in total. The Hall–Kier alpha value is -1.14.